The molecule has 2 aromatic carbocycles. The Kier molecular flexibility index (Phi) is 7.54. The molecule has 31 heavy (non-hydrogen) atoms. The van der Waals surface area contributed by atoms with Crippen LogP contribution in [-0.2, 0) is 20.9 Å². The van der Waals surface area contributed by atoms with Crippen molar-refractivity contribution >= 4 is 11.9 Å². The zero-order valence-corrected chi connectivity index (χ0v) is 17.3. The van der Waals surface area contributed by atoms with Gasteiger partial charge in [0.25, 0.3) is 5.91 Å². The van der Waals surface area contributed by atoms with Gasteiger partial charge in [-0.1, -0.05) is 42.0 Å². The quantitative estimate of drug-likeness (QED) is 0.624. The summed E-state index contributed by atoms with van der Waals surface area (Å²) in [5.41, 5.74) is 8.95. The van der Waals surface area contributed by atoms with Crippen molar-refractivity contribution in [2.45, 2.75) is 38.6 Å². The van der Waals surface area contributed by atoms with Crippen LogP contribution in [0.1, 0.15) is 29.2 Å². The number of amides is 1. The molecule has 0 aliphatic carbocycles. The molecular formula is C22H25F2N3O4. The SMILES string of the molecule is Cc1ccc(C2CC(C(=O)OCC(=O)N(C)Cc3ccc(OC(F)F)cc3)NN2)cc1. The van der Waals surface area contributed by atoms with Crippen LogP contribution in [0.3, 0.4) is 0 Å². The van der Waals surface area contributed by atoms with Gasteiger partial charge in [-0.3, -0.25) is 9.59 Å². The van der Waals surface area contributed by atoms with Gasteiger partial charge in [0.1, 0.15) is 11.8 Å². The van der Waals surface area contributed by atoms with E-state index in [0.717, 1.165) is 16.7 Å². The van der Waals surface area contributed by atoms with Crippen molar-refractivity contribution in [3.63, 3.8) is 0 Å². The molecule has 0 radical (unpaired) electrons. The van der Waals surface area contributed by atoms with Gasteiger partial charge in [0.05, 0.1) is 0 Å². The van der Waals surface area contributed by atoms with Crippen LogP contribution in [-0.4, -0.2) is 43.1 Å². The number of hydrogen-bond donors (Lipinski definition) is 2. The molecule has 9 heteroatoms. The van der Waals surface area contributed by atoms with E-state index < -0.39 is 18.6 Å². The number of ether oxygens (including phenoxy) is 2. The van der Waals surface area contributed by atoms with Crippen molar-refractivity contribution in [2.24, 2.45) is 0 Å². The Morgan fingerprint density at radius 1 is 1.10 bits per heavy atom. The molecule has 0 bridgehead atoms. The summed E-state index contributed by atoms with van der Waals surface area (Å²) in [4.78, 5) is 26.0. The predicted molar refractivity (Wildman–Crippen MR) is 109 cm³/mol. The Bertz CT molecular complexity index is 891. The number of hydrogen-bond acceptors (Lipinski definition) is 6. The summed E-state index contributed by atoms with van der Waals surface area (Å²) in [6, 6.07) is 13.5. The summed E-state index contributed by atoms with van der Waals surface area (Å²) >= 11 is 0. The highest BCUT2D eigenvalue weighted by molar-refractivity contribution is 5.82. The van der Waals surface area contributed by atoms with E-state index in [1.807, 2.05) is 31.2 Å². The molecule has 0 spiro atoms. The maximum Gasteiger partial charge on any atom is 0.387 e. The van der Waals surface area contributed by atoms with Gasteiger partial charge in [-0.05, 0) is 36.6 Å². The van der Waals surface area contributed by atoms with Crippen LogP contribution in [0.2, 0.25) is 0 Å². The maximum atomic E-state index is 12.3. The van der Waals surface area contributed by atoms with Gasteiger partial charge in [-0.15, -0.1) is 0 Å². The smallest absolute Gasteiger partial charge is 0.387 e. The molecule has 1 heterocycles. The minimum atomic E-state index is -2.89. The molecule has 2 aromatic rings. The first-order chi connectivity index (χ1) is 14.8. The van der Waals surface area contributed by atoms with Gasteiger partial charge in [0.15, 0.2) is 6.61 Å². The van der Waals surface area contributed by atoms with Crippen molar-refractivity contribution in [3.8, 4) is 5.75 Å². The van der Waals surface area contributed by atoms with E-state index in [0.29, 0.717) is 6.42 Å². The molecule has 166 valence electrons. The standard InChI is InChI=1S/C22H25F2N3O4/c1-14-3-7-16(8-4-14)18-11-19(26-25-18)21(29)30-13-20(28)27(2)12-15-5-9-17(10-6-15)31-22(23)24/h3-10,18-19,22,25-26H,11-13H2,1-2H3. The fraction of sp³-hybridized carbons (Fsp3) is 0.364. The summed E-state index contributed by atoms with van der Waals surface area (Å²) < 4.78 is 33.9. The minimum absolute atomic E-state index is 0.0199. The number of halogens is 2. The van der Waals surface area contributed by atoms with Crippen LogP contribution in [0.4, 0.5) is 8.78 Å². The van der Waals surface area contributed by atoms with Gasteiger partial charge in [0.2, 0.25) is 0 Å². The van der Waals surface area contributed by atoms with Gasteiger partial charge in [-0.25, -0.2) is 10.9 Å². The summed E-state index contributed by atoms with van der Waals surface area (Å²) in [5, 5.41) is 0. The molecule has 2 unspecified atom stereocenters. The fourth-order valence-corrected chi connectivity index (χ4v) is 3.21. The lowest BCUT2D eigenvalue weighted by Crippen LogP contribution is -2.39. The van der Waals surface area contributed by atoms with Crippen molar-refractivity contribution in [3.05, 3.63) is 65.2 Å². The molecule has 3 rings (SSSR count). The third-order valence-electron chi connectivity index (χ3n) is 5.00. The van der Waals surface area contributed by atoms with Crippen molar-refractivity contribution in [1.29, 1.82) is 0 Å². The molecule has 1 amide bonds. The second-order valence-electron chi connectivity index (χ2n) is 7.42. The highest BCUT2D eigenvalue weighted by atomic mass is 19.3. The second kappa shape index (κ2) is 10.3. The number of alkyl halides is 2. The van der Waals surface area contributed by atoms with Crippen LogP contribution < -0.4 is 15.6 Å². The van der Waals surface area contributed by atoms with E-state index in [9.17, 15) is 18.4 Å². The normalized spacial score (nSPS) is 18.1. The van der Waals surface area contributed by atoms with Gasteiger partial charge in [0, 0.05) is 19.6 Å². The van der Waals surface area contributed by atoms with E-state index in [4.69, 9.17) is 4.74 Å². The van der Waals surface area contributed by atoms with E-state index in [1.54, 1.807) is 19.2 Å². The zero-order valence-electron chi connectivity index (χ0n) is 17.3. The fourth-order valence-electron chi connectivity index (χ4n) is 3.21. The van der Waals surface area contributed by atoms with E-state index >= 15 is 0 Å². The molecule has 2 atom stereocenters. The third kappa shape index (κ3) is 6.47. The lowest BCUT2D eigenvalue weighted by atomic mass is 10.0. The third-order valence-corrected chi connectivity index (χ3v) is 5.00. The first-order valence-electron chi connectivity index (χ1n) is 9.84. The summed E-state index contributed by atoms with van der Waals surface area (Å²) in [7, 11) is 1.57. The summed E-state index contributed by atoms with van der Waals surface area (Å²) in [6.07, 6.45) is 0.513. The molecule has 1 aliphatic rings. The highest BCUT2D eigenvalue weighted by Gasteiger charge is 2.31. The topological polar surface area (TPSA) is 79.9 Å². The number of rotatable bonds is 8. The molecule has 1 fully saturated rings. The monoisotopic (exact) mass is 433 g/mol. The zero-order chi connectivity index (χ0) is 22.4. The summed E-state index contributed by atoms with van der Waals surface area (Å²) in [6.45, 7) is -1.02. The van der Waals surface area contributed by atoms with Crippen molar-refractivity contribution in [2.75, 3.05) is 13.7 Å². The average molecular weight is 433 g/mol. The number of nitrogens with one attached hydrogen (secondary N) is 2. The Morgan fingerprint density at radius 3 is 2.42 bits per heavy atom. The van der Waals surface area contributed by atoms with Crippen LogP contribution >= 0.6 is 0 Å². The number of carbonyl (C=O) groups is 2. The lowest BCUT2D eigenvalue weighted by Gasteiger charge is -2.18. The molecule has 0 saturated carbocycles. The number of likely N-dealkylation sites (N-methyl/N-ethyl adjacent to an activating group) is 1. The van der Waals surface area contributed by atoms with Crippen LogP contribution in [0.25, 0.3) is 0 Å². The number of hydrazine groups is 1. The first-order valence-corrected chi connectivity index (χ1v) is 9.84. The highest BCUT2D eigenvalue weighted by Crippen LogP contribution is 2.23. The van der Waals surface area contributed by atoms with E-state index in [2.05, 4.69) is 15.6 Å². The van der Waals surface area contributed by atoms with Crippen molar-refractivity contribution in [1.82, 2.24) is 15.8 Å². The van der Waals surface area contributed by atoms with E-state index in [-0.39, 0.29) is 30.9 Å². The Labute approximate surface area is 179 Å². The average Bonchev–Trinajstić information content (AvgIpc) is 3.23. The van der Waals surface area contributed by atoms with Crippen LogP contribution in [0, 0.1) is 6.92 Å². The van der Waals surface area contributed by atoms with Gasteiger partial charge < -0.3 is 14.4 Å². The van der Waals surface area contributed by atoms with E-state index in [1.165, 1.54) is 17.0 Å². The van der Waals surface area contributed by atoms with Crippen LogP contribution in [0.5, 0.6) is 5.75 Å². The molecule has 0 aromatic heterocycles. The molecule has 2 N–H and O–H groups in total. The molecule has 1 saturated heterocycles. The first kappa shape index (κ1) is 22.6. The Balaban J connectivity index is 1.43. The minimum Gasteiger partial charge on any atom is -0.454 e. The Hall–Kier alpha value is -3.04. The molecule has 1 aliphatic heterocycles. The number of carbonyl (C=O) groups excluding carboxylic acids is 2. The predicted octanol–water partition coefficient (Wildman–Crippen LogP) is 2.71. The lowest BCUT2D eigenvalue weighted by molar-refractivity contribution is -0.153. The largest absolute Gasteiger partial charge is 0.454 e. The summed E-state index contributed by atoms with van der Waals surface area (Å²) in [5.74, 6) is -0.831. The molecule has 7 nitrogen and oxygen atoms in total. The van der Waals surface area contributed by atoms with Gasteiger partial charge in [-0.2, -0.15) is 8.78 Å². The number of esters is 1. The maximum absolute atomic E-state index is 12.3. The second-order valence-corrected chi connectivity index (χ2v) is 7.42. The Morgan fingerprint density at radius 2 is 1.77 bits per heavy atom. The number of benzene rings is 2. The van der Waals surface area contributed by atoms with Crippen LogP contribution in [0.15, 0.2) is 48.5 Å². The number of aryl methyl sites for hydroxylation is 1. The van der Waals surface area contributed by atoms with Crippen molar-refractivity contribution < 1.29 is 27.8 Å². The molecular weight excluding hydrogens is 408 g/mol. The number of nitrogens with zero attached hydrogens (tertiary/aromatic N) is 1. The van der Waals surface area contributed by atoms with Gasteiger partial charge >= 0.3 is 12.6 Å².